The van der Waals surface area contributed by atoms with Crippen LogP contribution in [0.2, 0.25) is 0 Å². The Labute approximate surface area is 120 Å². The van der Waals surface area contributed by atoms with Crippen molar-refractivity contribution in [3.8, 4) is 0 Å². The summed E-state index contributed by atoms with van der Waals surface area (Å²) < 4.78 is 5.47. The number of aryl methyl sites for hydroxylation is 2. The summed E-state index contributed by atoms with van der Waals surface area (Å²) in [7, 11) is 0. The van der Waals surface area contributed by atoms with E-state index in [0.29, 0.717) is 5.41 Å². The summed E-state index contributed by atoms with van der Waals surface area (Å²) in [4.78, 5) is 1.38. The molecule has 18 heavy (non-hydrogen) atoms. The molecule has 1 heterocycles. The van der Waals surface area contributed by atoms with Gasteiger partial charge in [0.1, 0.15) is 0 Å². The van der Waals surface area contributed by atoms with Crippen molar-refractivity contribution in [2.45, 2.75) is 31.6 Å². The molecule has 0 spiro atoms. The molecule has 100 valence electrons. The van der Waals surface area contributed by atoms with Crippen LogP contribution in [0.25, 0.3) is 0 Å². The molecule has 0 bridgehead atoms. The Hall–Kier alpha value is -0.120. The standard InChI is InChI=1S/C15H22OS2/c1-12-3-4-14(9-13(12)2)18-11-15(10-17)5-7-16-8-6-15/h3-4,9,17H,5-8,10-11H2,1-2H3. The van der Waals surface area contributed by atoms with E-state index in [1.165, 1.54) is 16.0 Å². The van der Waals surface area contributed by atoms with Gasteiger partial charge in [-0.15, -0.1) is 11.8 Å². The van der Waals surface area contributed by atoms with Gasteiger partial charge in [-0.25, -0.2) is 0 Å². The average Bonchev–Trinajstić information content (AvgIpc) is 2.41. The summed E-state index contributed by atoms with van der Waals surface area (Å²) in [5.74, 6) is 2.12. The summed E-state index contributed by atoms with van der Waals surface area (Å²) in [5.41, 5.74) is 3.12. The van der Waals surface area contributed by atoms with Crippen molar-refractivity contribution in [3.05, 3.63) is 29.3 Å². The molecule has 0 radical (unpaired) electrons. The minimum absolute atomic E-state index is 0.366. The molecule has 0 aromatic heterocycles. The van der Waals surface area contributed by atoms with Crippen LogP contribution in [0.4, 0.5) is 0 Å². The molecular weight excluding hydrogens is 260 g/mol. The van der Waals surface area contributed by atoms with E-state index in [1.54, 1.807) is 0 Å². The topological polar surface area (TPSA) is 9.23 Å². The van der Waals surface area contributed by atoms with E-state index in [-0.39, 0.29) is 0 Å². The van der Waals surface area contributed by atoms with Crippen molar-refractivity contribution in [1.29, 1.82) is 0 Å². The second kappa shape index (κ2) is 6.36. The highest BCUT2D eigenvalue weighted by Crippen LogP contribution is 2.37. The van der Waals surface area contributed by atoms with Gasteiger partial charge in [0.2, 0.25) is 0 Å². The van der Waals surface area contributed by atoms with Crippen molar-refractivity contribution >= 4 is 24.4 Å². The number of thiol groups is 1. The van der Waals surface area contributed by atoms with Crippen molar-refractivity contribution < 1.29 is 4.74 Å². The summed E-state index contributed by atoms with van der Waals surface area (Å²) in [6.45, 7) is 6.14. The molecule has 2 rings (SSSR count). The first-order valence-electron chi connectivity index (χ1n) is 6.54. The van der Waals surface area contributed by atoms with Crippen LogP contribution in [-0.4, -0.2) is 24.7 Å². The van der Waals surface area contributed by atoms with Crippen molar-refractivity contribution in [1.82, 2.24) is 0 Å². The average molecular weight is 282 g/mol. The summed E-state index contributed by atoms with van der Waals surface area (Å²) in [6.07, 6.45) is 2.29. The van der Waals surface area contributed by atoms with Gasteiger partial charge in [0, 0.05) is 23.9 Å². The molecule has 0 aliphatic carbocycles. The Morgan fingerprint density at radius 2 is 1.94 bits per heavy atom. The molecule has 1 fully saturated rings. The van der Waals surface area contributed by atoms with Crippen LogP contribution in [0.1, 0.15) is 24.0 Å². The lowest BCUT2D eigenvalue weighted by Crippen LogP contribution is -2.33. The summed E-state index contributed by atoms with van der Waals surface area (Å²) in [5, 5.41) is 0. The van der Waals surface area contributed by atoms with E-state index >= 15 is 0 Å². The number of thioether (sulfide) groups is 1. The SMILES string of the molecule is Cc1ccc(SCC2(CS)CCOCC2)cc1C. The third-order valence-electron chi connectivity index (χ3n) is 3.91. The van der Waals surface area contributed by atoms with E-state index in [9.17, 15) is 0 Å². The van der Waals surface area contributed by atoms with Crippen LogP contribution in [0.15, 0.2) is 23.1 Å². The summed E-state index contributed by atoms with van der Waals surface area (Å²) in [6, 6.07) is 6.75. The number of hydrogen-bond acceptors (Lipinski definition) is 3. The van der Waals surface area contributed by atoms with E-state index in [2.05, 4.69) is 44.7 Å². The van der Waals surface area contributed by atoms with Gasteiger partial charge in [-0.2, -0.15) is 12.6 Å². The van der Waals surface area contributed by atoms with Gasteiger partial charge in [-0.05, 0) is 61.1 Å². The van der Waals surface area contributed by atoms with Crippen LogP contribution in [0.3, 0.4) is 0 Å². The smallest absolute Gasteiger partial charge is 0.0471 e. The zero-order valence-electron chi connectivity index (χ0n) is 11.2. The molecule has 0 N–H and O–H groups in total. The fourth-order valence-corrected chi connectivity index (χ4v) is 4.06. The molecule has 1 aliphatic rings. The first-order valence-corrected chi connectivity index (χ1v) is 8.16. The monoisotopic (exact) mass is 282 g/mol. The van der Waals surface area contributed by atoms with Crippen LogP contribution in [0, 0.1) is 19.3 Å². The normalized spacial score (nSPS) is 18.8. The van der Waals surface area contributed by atoms with E-state index in [1.807, 2.05) is 11.8 Å². The highest BCUT2D eigenvalue weighted by molar-refractivity contribution is 7.99. The molecule has 0 unspecified atom stereocenters. The Bertz CT molecular complexity index is 397. The largest absolute Gasteiger partial charge is 0.381 e. The zero-order chi connectivity index (χ0) is 13.0. The Kier molecular flexibility index (Phi) is 5.05. The quantitative estimate of drug-likeness (QED) is 0.657. The fourth-order valence-electron chi connectivity index (χ4n) is 2.19. The van der Waals surface area contributed by atoms with Crippen LogP contribution >= 0.6 is 24.4 Å². The van der Waals surface area contributed by atoms with Gasteiger partial charge < -0.3 is 4.74 Å². The molecule has 1 aliphatic heterocycles. The van der Waals surface area contributed by atoms with E-state index < -0.39 is 0 Å². The number of ether oxygens (including phenoxy) is 1. The van der Waals surface area contributed by atoms with E-state index in [0.717, 1.165) is 37.6 Å². The highest BCUT2D eigenvalue weighted by Gasteiger charge is 2.31. The Morgan fingerprint density at radius 3 is 2.56 bits per heavy atom. The maximum Gasteiger partial charge on any atom is 0.0471 e. The number of benzene rings is 1. The Balaban J connectivity index is 1.98. The summed E-state index contributed by atoms with van der Waals surface area (Å²) >= 11 is 6.53. The molecule has 0 amide bonds. The lowest BCUT2D eigenvalue weighted by atomic mass is 9.84. The van der Waals surface area contributed by atoms with Crippen molar-refractivity contribution in [2.75, 3.05) is 24.7 Å². The molecular formula is C15H22OS2. The number of rotatable bonds is 4. The minimum Gasteiger partial charge on any atom is -0.381 e. The van der Waals surface area contributed by atoms with Crippen LogP contribution < -0.4 is 0 Å². The van der Waals surface area contributed by atoms with Crippen LogP contribution in [0.5, 0.6) is 0 Å². The van der Waals surface area contributed by atoms with Crippen LogP contribution in [-0.2, 0) is 4.74 Å². The van der Waals surface area contributed by atoms with Gasteiger partial charge in [-0.1, -0.05) is 6.07 Å². The fraction of sp³-hybridized carbons (Fsp3) is 0.600. The molecule has 1 saturated heterocycles. The van der Waals surface area contributed by atoms with Gasteiger partial charge in [0.15, 0.2) is 0 Å². The maximum atomic E-state index is 5.47. The molecule has 1 nitrogen and oxygen atoms in total. The first kappa shape index (κ1) is 14.3. The molecule has 1 aromatic carbocycles. The minimum atomic E-state index is 0.366. The van der Waals surface area contributed by atoms with Gasteiger partial charge >= 0.3 is 0 Å². The third-order valence-corrected chi connectivity index (χ3v) is 5.93. The van der Waals surface area contributed by atoms with Gasteiger partial charge in [-0.3, -0.25) is 0 Å². The molecule has 3 heteroatoms. The highest BCUT2D eigenvalue weighted by atomic mass is 32.2. The van der Waals surface area contributed by atoms with Crippen molar-refractivity contribution in [3.63, 3.8) is 0 Å². The predicted molar refractivity (Wildman–Crippen MR) is 83.0 cm³/mol. The zero-order valence-corrected chi connectivity index (χ0v) is 12.9. The first-order chi connectivity index (χ1) is 8.65. The molecule has 0 saturated carbocycles. The predicted octanol–water partition coefficient (Wildman–Crippen LogP) is 4.12. The van der Waals surface area contributed by atoms with Crippen molar-refractivity contribution in [2.24, 2.45) is 5.41 Å². The lowest BCUT2D eigenvalue weighted by molar-refractivity contribution is 0.0371. The second-order valence-electron chi connectivity index (χ2n) is 5.31. The van der Waals surface area contributed by atoms with Gasteiger partial charge in [0.05, 0.1) is 0 Å². The third kappa shape index (κ3) is 3.46. The Morgan fingerprint density at radius 1 is 1.22 bits per heavy atom. The van der Waals surface area contributed by atoms with E-state index in [4.69, 9.17) is 4.74 Å². The maximum absolute atomic E-state index is 5.47. The number of hydrogen-bond donors (Lipinski definition) is 1. The second-order valence-corrected chi connectivity index (χ2v) is 6.67. The molecule has 1 aromatic rings. The molecule has 0 atom stereocenters. The van der Waals surface area contributed by atoms with Gasteiger partial charge in [0.25, 0.3) is 0 Å². The lowest BCUT2D eigenvalue weighted by Gasteiger charge is -2.35.